The molecule has 1 aromatic heterocycles. The summed E-state index contributed by atoms with van der Waals surface area (Å²) in [5.41, 5.74) is 4.04. The molecular formula is C16H21N3. The third kappa shape index (κ3) is 2.80. The minimum Gasteiger partial charge on any atom is -0.378 e. The van der Waals surface area contributed by atoms with Gasteiger partial charge < -0.3 is 5.32 Å². The van der Waals surface area contributed by atoms with Gasteiger partial charge in [0.25, 0.3) is 0 Å². The lowest BCUT2D eigenvalue weighted by Crippen LogP contribution is -2.02. The van der Waals surface area contributed by atoms with Gasteiger partial charge in [-0.25, -0.2) is 0 Å². The minimum atomic E-state index is 0.411. The summed E-state index contributed by atoms with van der Waals surface area (Å²) in [5, 5.41) is 7.83. The molecule has 0 radical (unpaired) electrons. The molecule has 1 aromatic carbocycles. The van der Waals surface area contributed by atoms with Crippen LogP contribution in [0.4, 0.5) is 5.69 Å². The second-order valence-corrected chi connectivity index (χ2v) is 5.63. The van der Waals surface area contributed by atoms with Gasteiger partial charge in [-0.2, -0.15) is 5.10 Å². The van der Waals surface area contributed by atoms with Crippen LogP contribution in [-0.4, -0.2) is 9.78 Å². The molecule has 3 nitrogen and oxygen atoms in total. The molecule has 3 rings (SSSR count). The molecule has 0 amide bonds. The first-order chi connectivity index (χ1) is 9.24. The lowest BCUT2D eigenvalue weighted by Gasteiger charge is -2.09. The maximum Gasteiger partial charge on any atom is 0.0729 e. The van der Waals surface area contributed by atoms with E-state index >= 15 is 0 Å². The average molecular weight is 255 g/mol. The van der Waals surface area contributed by atoms with Crippen LogP contribution in [-0.2, 0) is 6.54 Å². The van der Waals surface area contributed by atoms with E-state index in [1.54, 1.807) is 0 Å². The van der Waals surface area contributed by atoms with Gasteiger partial charge in [-0.05, 0) is 43.7 Å². The van der Waals surface area contributed by atoms with Crippen molar-refractivity contribution in [2.24, 2.45) is 0 Å². The predicted octanol–water partition coefficient (Wildman–Crippen LogP) is 3.95. The number of hydrogen-bond donors (Lipinski definition) is 1. The Kier molecular flexibility index (Phi) is 3.28. The highest BCUT2D eigenvalue weighted by atomic mass is 15.3. The summed E-state index contributed by atoms with van der Waals surface area (Å²) in [6.07, 6.45) is 6.68. The van der Waals surface area contributed by atoms with Crippen LogP contribution >= 0.6 is 0 Å². The second-order valence-electron chi connectivity index (χ2n) is 5.63. The number of nitrogens with zero attached hydrogens (tertiary/aromatic N) is 2. The van der Waals surface area contributed by atoms with E-state index in [9.17, 15) is 0 Å². The number of hydrogen-bond acceptors (Lipinski definition) is 2. The third-order valence-electron chi connectivity index (χ3n) is 3.69. The summed E-state index contributed by atoms with van der Waals surface area (Å²) in [7, 11) is 0. The van der Waals surface area contributed by atoms with Crippen molar-refractivity contribution in [3.05, 3.63) is 47.8 Å². The zero-order valence-electron chi connectivity index (χ0n) is 11.6. The van der Waals surface area contributed by atoms with Gasteiger partial charge in [0, 0.05) is 18.8 Å². The van der Waals surface area contributed by atoms with Crippen molar-refractivity contribution in [3.8, 4) is 0 Å². The molecule has 0 unspecified atom stereocenters. The van der Waals surface area contributed by atoms with Crippen LogP contribution in [0.5, 0.6) is 0 Å². The first-order valence-electron chi connectivity index (χ1n) is 7.10. The van der Waals surface area contributed by atoms with Crippen molar-refractivity contribution in [1.82, 2.24) is 9.78 Å². The molecule has 1 heterocycles. The number of nitrogens with one attached hydrogen (secondary N) is 1. The molecular weight excluding hydrogens is 234 g/mol. The molecule has 0 aliphatic heterocycles. The SMILES string of the molecule is CC(C)n1cc(NCc2ccccc2C2CC2)cn1. The Balaban J connectivity index is 1.68. The summed E-state index contributed by atoms with van der Waals surface area (Å²) in [5.74, 6) is 0.802. The van der Waals surface area contributed by atoms with Gasteiger partial charge in [-0.15, -0.1) is 0 Å². The summed E-state index contributed by atoms with van der Waals surface area (Å²) < 4.78 is 1.98. The van der Waals surface area contributed by atoms with Crippen LogP contribution < -0.4 is 5.32 Å². The molecule has 1 N–H and O–H groups in total. The van der Waals surface area contributed by atoms with E-state index in [0.717, 1.165) is 18.2 Å². The number of aromatic nitrogens is 2. The highest BCUT2D eigenvalue weighted by molar-refractivity contribution is 5.41. The van der Waals surface area contributed by atoms with Gasteiger partial charge in [-0.3, -0.25) is 4.68 Å². The first-order valence-corrected chi connectivity index (χ1v) is 7.10. The van der Waals surface area contributed by atoms with Gasteiger partial charge >= 0.3 is 0 Å². The van der Waals surface area contributed by atoms with E-state index in [-0.39, 0.29) is 0 Å². The quantitative estimate of drug-likeness (QED) is 0.876. The maximum absolute atomic E-state index is 4.35. The van der Waals surface area contributed by atoms with Crippen LogP contribution in [0, 0.1) is 0 Å². The molecule has 3 heteroatoms. The Morgan fingerprint density at radius 3 is 2.79 bits per heavy atom. The normalized spacial score (nSPS) is 14.9. The van der Waals surface area contributed by atoms with E-state index in [4.69, 9.17) is 0 Å². The van der Waals surface area contributed by atoms with Crippen molar-refractivity contribution in [1.29, 1.82) is 0 Å². The van der Waals surface area contributed by atoms with Gasteiger partial charge in [-0.1, -0.05) is 24.3 Å². The van der Waals surface area contributed by atoms with Crippen LogP contribution in [0.25, 0.3) is 0 Å². The summed E-state index contributed by atoms with van der Waals surface area (Å²) in [6.45, 7) is 5.16. The summed E-state index contributed by atoms with van der Waals surface area (Å²) >= 11 is 0. The van der Waals surface area contributed by atoms with E-state index in [1.807, 2.05) is 10.9 Å². The fourth-order valence-corrected chi connectivity index (χ4v) is 2.40. The monoisotopic (exact) mass is 255 g/mol. The van der Waals surface area contributed by atoms with Gasteiger partial charge in [0.05, 0.1) is 11.9 Å². The molecule has 0 bridgehead atoms. The van der Waals surface area contributed by atoms with E-state index < -0.39 is 0 Å². The molecule has 100 valence electrons. The highest BCUT2D eigenvalue weighted by Gasteiger charge is 2.25. The molecule has 1 fully saturated rings. The molecule has 1 aliphatic carbocycles. The van der Waals surface area contributed by atoms with Crippen molar-refractivity contribution >= 4 is 5.69 Å². The lowest BCUT2D eigenvalue weighted by atomic mass is 10.0. The Bertz CT molecular complexity index is 553. The zero-order chi connectivity index (χ0) is 13.2. The third-order valence-corrected chi connectivity index (χ3v) is 3.69. The van der Waals surface area contributed by atoms with Crippen LogP contribution in [0.1, 0.15) is 49.8 Å². The second kappa shape index (κ2) is 5.08. The Morgan fingerprint density at radius 2 is 2.11 bits per heavy atom. The number of benzene rings is 1. The largest absolute Gasteiger partial charge is 0.378 e. The van der Waals surface area contributed by atoms with Crippen molar-refractivity contribution in [2.75, 3.05) is 5.32 Å². The molecule has 2 aromatic rings. The van der Waals surface area contributed by atoms with E-state index in [0.29, 0.717) is 6.04 Å². The first kappa shape index (κ1) is 12.3. The topological polar surface area (TPSA) is 29.9 Å². The fourth-order valence-electron chi connectivity index (χ4n) is 2.40. The van der Waals surface area contributed by atoms with Crippen LogP contribution in [0.2, 0.25) is 0 Å². The van der Waals surface area contributed by atoms with Crippen molar-refractivity contribution < 1.29 is 0 Å². The molecule has 1 aliphatic rings. The number of rotatable bonds is 5. The zero-order valence-corrected chi connectivity index (χ0v) is 11.6. The smallest absolute Gasteiger partial charge is 0.0729 e. The average Bonchev–Trinajstić information content (AvgIpc) is 3.14. The van der Waals surface area contributed by atoms with Gasteiger partial charge in [0.1, 0.15) is 0 Å². The highest BCUT2D eigenvalue weighted by Crippen LogP contribution is 2.41. The summed E-state index contributed by atoms with van der Waals surface area (Å²) in [6, 6.07) is 9.18. The summed E-state index contributed by atoms with van der Waals surface area (Å²) in [4.78, 5) is 0. The van der Waals surface area contributed by atoms with Crippen LogP contribution in [0.3, 0.4) is 0 Å². The standard InChI is InChI=1S/C16H21N3/c1-12(2)19-11-15(10-18-19)17-9-14-5-3-4-6-16(14)13-7-8-13/h3-6,10-13,17H,7-9H2,1-2H3. The Labute approximate surface area is 114 Å². The number of anilines is 1. The van der Waals surface area contributed by atoms with Gasteiger partial charge in [0.2, 0.25) is 0 Å². The molecule has 19 heavy (non-hydrogen) atoms. The van der Waals surface area contributed by atoms with Gasteiger partial charge in [0.15, 0.2) is 0 Å². The Hall–Kier alpha value is -1.77. The maximum atomic E-state index is 4.35. The molecule has 0 saturated heterocycles. The van der Waals surface area contributed by atoms with E-state index in [1.165, 1.54) is 24.0 Å². The minimum absolute atomic E-state index is 0.411. The van der Waals surface area contributed by atoms with Crippen molar-refractivity contribution in [3.63, 3.8) is 0 Å². The predicted molar refractivity (Wildman–Crippen MR) is 78.4 cm³/mol. The lowest BCUT2D eigenvalue weighted by molar-refractivity contribution is 0.532. The fraction of sp³-hybridized carbons (Fsp3) is 0.438. The van der Waals surface area contributed by atoms with Crippen molar-refractivity contribution in [2.45, 2.75) is 45.2 Å². The Morgan fingerprint density at radius 1 is 1.32 bits per heavy atom. The molecule has 0 atom stereocenters. The molecule has 0 spiro atoms. The van der Waals surface area contributed by atoms with E-state index in [2.05, 4.69) is 54.7 Å². The molecule has 1 saturated carbocycles. The van der Waals surface area contributed by atoms with Crippen LogP contribution in [0.15, 0.2) is 36.7 Å².